The molecule has 0 bridgehead atoms. The van der Waals surface area contributed by atoms with E-state index in [1.54, 1.807) is 18.0 Å². The molecule has 3 nitrogen and oxygen atoms in total. The Labute approximate surface area is 166 Å². The largest absolute Gasteiger partial charge is 0.501 e. The lowest BCUT2D eigenvalue weighted by Crippen LogP contribution is -2.33. The van der Waals surface area contributed by atoms with Gasteiger partial charge in [0.05, 0.1) is 12.9 Å². The Morgan fingerprint density at radius 3 is 2.12 bits per heavy atom. The van der Waals surface area contributed by atoms with Gasteiger partial charge in [0.25, 0.3) is 0 Å². The molecule has 0 aromatic carbocycles. The van der Waals surface area contributed by atoms with Crippen molar-refractivity contribution in [2.24, 2.45) is 0 Å². The van der Waals surface area contributed by atoms with Crippen LogP contribution < -0.4 is 0 Å². The zero-order valence-corrected chi connectivity index (χ0v) is 18.3. The highest BCUT2D eigenvalue weighted by molar-refractivity contribution is 8.00. The lowest BCUT2D eigenvalue weighted by atomic mass is 10.1. The van der Waals surface area contributed by atoms with Crippen LogP contribution in [0.15, 0.2) is 12.3 Å². The standard InChI is InChI=1S/C20H40O3S2/c1-4-7-8-9-10-11-12-15-20(22-5-2,23-6-3)25-19-14-17-21-16-13-18-24/h13,16,24H,4-12,14-15,17-19H2,1-3H3. The second kappa shape index (κ2) is 18.9. The van der Waals surface area contributed by atoms with Crippen LogP contribution >= 0.6 is 24.4 Å². The summed E-state index contributed by atoms with van der Waals surface area (Å²) in [6.07, 6.45) is 14.7. The van der Waals surface area contributed by atoms with E-state index in [-0.39, 0.29) is 0 Å². The van der Waals surface area contributed by atoms with Gasteiger partial charge in [-0.05, 0) is 32.8 Å². The Morgan fingerprint density at radius 2 is 1.52 bits per heavy atom. The molecule has 0 radical (unpaired) electrons. The molecule has 0 fully saturated rings. The van der Waals surface area contributed by atoms with Gasteiger partial charge in [0.1, 0.15) is 0 Å². The van der Waals surface area contributed by atoms with E-state index < -0.39 is 5.12 Å². The van der Waals surface area contributed by atoms with E-state index in [1.807, 2.05) is 19.9 Å². The fourth-order valence-corrected chi connectivity index (χ4v) is 3.98. The lowest BCUT2D eigenvalue weighted by Gasteiger charge is -2.32. The zero-order valence-electron chi connectivity index (χ0n) is 16.6. The van der Waals surface area contributed by atoms with E-state index in [0.29, 0.717) is 19.0 Å². The topological polar surface area (TPSA) is 27.7 Å². The summed E-state index contributed by atoms with van der Waals surface area (Å²) in [4.78, 5) is 0. The number of hydrogen-bond acceptors (Lipinski definition) is 5. The third-order valence-corrected chi connectivity index (χ3v) is 5.42. The number of hydrogen-bond donors (Lipinski definition) is 1. The highest BCUT2D eigenvalue weighted by Crippen LogP contribution is 2.34. The highest BCUT2D eigenvalue weighted by atomic mass is 32.2. The molecule has 0 unspecified atom stereocenters. The smallest absolute Gasteiger partial charge is 0.218 e. The fraction of sp³-hybridized carbons (Fsp3) is 0.900. The maximum absolute atomic E-state index is 6.04. The van der Waals surface area contributed by atoms with Crippen LogP contribution in [0.3, 0.4) is 0 Å². The molecule has 0 aliphatic carbocycles. The van der Waals surface area contributed by atoms with Crippen LogP contribution in [0, 0.1) is 0 Å². The molecule has 0 saturated heterocycles. The van der Waals surface area contributed by atoms with Gasteiger partial charge < -0.3 is 14.2 Å². The molecule has 0 N–H and O–H groups in total. The summed E-state index contributed by atoms with van der Waals surface area (Å²) in [7, 11) is 0. The van der Waals surface area contributed by atoms with Gasteiger partial charge in [-0.2, -0.15) is 12.6 Å². The van der Waals surface area contributed by atoms with Crippen LogP contribution in [0.2, 0.25) is 0 Å². The monoisotopic (exact) mass is 392 g/mol. The van der Waals surface area contributed by atoms with Gasteiger partial charge in [0.15, 0.2) is 0 Å². The van der Waals surface area contributed by atoms with Crippen LogP contribution in [0.25, 0.3) is 0 Å². The summed E-state index contributed by atoms with van der Waals surface area (Å²) < 4.78 is 17.5. The summed E-state index contributed by atoms with van der Waals surface area (Å²) in [5.41, 5.74) is 0. The summed E-state index contributed by atoms with van der Waals surface area (Å²) >= 11 is 5.90. The molecule has 0 saturated carbocycles. The van der Waals surface area contributed by atoms with Crippen molar-refractivity contribution in [1.29, 1.82) is 0 Å². The van der Waals surface area contributed by atoms with Crippen LogP contribution in [0.5, 0.6) is 0 Å². The van der Waals surface area contributed by atoms with Gasteiger partial charge in [-0.15, -0.1) is 0 Å². The number of thioether (sulfide) groups is 1. The minimum atomic E-state index is -0.478. The number of ether oxygens (including phenoxy) is 3. The van der Waals surface area contributed by atoms with Gasteiger partial charge in [0.2, 0.25) is 5.12 Å². The average molecular weight is 393 g/mol. The highest BCUT2D eigenvalue weighted by Gasteiger charge is 2.31. The lowest BCUT2D eigenvalue weighted by molar-refractivity contribution is -0.169. The molecule has 0 aliphatic rings. The number of unbranched alkanes of at least 4 members (excludes halogenated alkanes) is 6. The quantitative estimate of drug-likeness (QED) is 0.118. The Kier molecular flexibility index (Phi) is 19.1. The second-order valence-electron chi connectivity index (χ2n) is 6.05. The third-order valence-electron chi connectivity index (χ3n) is 3.84. The minimum Gasteiger partial charge on any atom is -0.501 e. The van der Waals surface area contributed by atoms with Crippen molar-refractivity contribution in [3.63, 3.8) is 0 Å². The predicted octanol–water partition coefficient (Wildman–Crippen LogP) is 6.44. The molecule has 0 amide bonds. The van der Waals surface area contributed by atoms with Crippen molar-refractivity contribution in [1.82, 2.24) is 0 Å². The Balaban J connectivity index is 4.12. The summed E-state index contributed by atoms with van der Waals surface area (Å²) in [6, 6.07) is 0. The van der Waals surface area contributed by atoms with E-state index in [4.69, 9.17) is 14.2 Å². The molecular formula is C20H40O3S2. The van der Waals surface area contributed by atoms with Crippen molar-refractivity contribution in [2.45, 2.75) is 83.7 Å². The van der Waals surface area contributed by atoms with E-state index in [0.717, 1.165) is 25.2 Å². The van der Waals surface area contributed by atoms with Crippen LogP contribution in [-0.4, -0.2) is 36.4 Å². The molecule has 150 valence electrons. The van der Waals surface area contributed by atoms with Crippen LogP contribution in [0.1, 0.15) is 78.6 Å². The first kappa shape index (κ1) is 25.2. The van der Waals surface area contributed by atoms with E-state index in [1.165, 1.54) is 44.9 Å². The first-order chi connectivity index (χ1) is 12.2. The van der Waals surface area contributed by atoms with Gasteiger partial charge in [-0.1, -0.05) is 57.2 Å². The van der Waals surface area contributed by atoms with Crippen molar-refractivity contribution in [3.8, 4) is 0 Å². The second-order valence-corrected chi connectivity index (χ2v) is 7.73. The summed E-state index contributed by atoms with van der Waals surface area (Å²) in [5, 5.41) is -0.478. The molecule has 0 heterocycles. The van der Waals surface area contributed by atoms with Crippen molar-refractivity contribution in [3.05, 3.63) is 12.3 Å². The third kappa shape index (κ3) is 15.0. The average Bonchev–Trinajstić information content (AvgIpc) is 2.61. The van der Waals surface area contributed by atoms with Crippen molar-refractivity contribution < 1.29 is 14.2 Å². The minimum absolute atomic E-state index is 0.478. The van der Waals surface area contributed by atoms with E-state index in [2.05, 4.69) is 19.6 Å². The van der Waals surface area contributed by atoms with Gasteiger partial charge in [0, 0.05) is 31.1 Å². The van der Waals surface area contributed by atoms with Gasteiger partial charge >= 0.3 is 0 Å². The molecule has 5 heteroatoms. The van der Waals surface area contributed by atoms with E-state index in [9.17, 15) is 0 Å². The molecule has 0 aromatic heterocycles. The van der Waals surface area contributed by atoms with Crippen molar-refractivity contribution in [2.75, 3.05) is 31.3 Å². The van der Waals surface area contributed by atoms with Gasteiger partial charge in [-0.3, -0.25) is 0 Å². The number of rotatable bonds is 19. The maximum atomic E-state index is 6.04. The first-order valence-electron chi connectivity index (χ1n) is 10.0. The van der Waals surface area contributed by atoms with Gasteiger partial charge in [-0.25, -0.2) is 0 Å². The molecule has 0 rings (SSSR count). The molecular weight excluding hydrogens is 352 g/mol. The maximum Gasteiger partial charge on any atom is 0.218 e. The molecule has 25 heavy (non-hydrogen) atoms. The summed E-state index contributed by atoms with van der Waals surface area (Å²) in [6.45, 7) is 8.45. The Morgan fingerprint density at radius 1 is 0.880 bits per heavy atom. The molecule has 0 spiro atoms. The Hall–Kier alpha value is 0.160. The van der Waals surface area contributed by atoms with E-state index >= 15 is 0 Å². The SMILES string of the molecule is CCCCCCCCCC(OCC)(OCC)SCCCOC=CCS. The van der Waals surface area contributed by atoms with Crippen molar-refractivity contribution >= 4 is 24.4 Å². The first-order valence-corrected chi connectivity index (χ1v) is 11.7. The van der Waals surface area contributed by atoms with Crippen LogP contribution in [0.4, 0.5) is 0 Å². The number of thiol groups is 1. The molecule has 0 aromatic rings. The summed E-state index contributed by atoms with van der Waals surface area (Å²) in [5.74, 6) is 1.69. The molecule has 0 aliphatic heterocycles. The fourth-order valence-electron chi connectivity index (χ4n) is 2.63. The van der Waals surface area contributed by atoms with Crippen LogP contribution in [-0.2, 0) is 14.2 Å². The Bertz CT molecular complexity index is 293. The normalized spacial score (nSPS) is 12.2. The molecule has 0 atom stereocenters. The zero-order chi connectivity index (χ0) is 18.6. The predicted molar refractivity (Wildman–Crippen MR) is 115 cm³/mol.